The summed E-state index contributed by atoms with van der Waals surface area (Å²) in [6.45, 7) is 3.49. The van der Waals surface area contributed by atoms with Crippen molar-refractivity contribution in [2.45, 2.75) is 25.8 Å². The molecule has 1 heterocycles. The lowest BCUT2D eigenvalue weighted by Gasteiger charge is -2.28. The first-order chi connectivity index (χ1) is 10.4. The van der Waals surface area contributed by atoms with Crippen LogP contribution in [0, 0.1) is 6.92 Å². The third-order valence-electron chi connectivity index (χ3n) is 3.57. The van der Waals surface area contributed by atoms with Crippen LogP contribution in [0.25, 0.3) is 0 Å². The van der Waals surface area contributed by atoms with Gasteiger partial charge in [-0.2, -0.15) is 0 Å². The van der Waals surface area contributed by atoms with Gasteiger partial charge in [0.15, 0.2) is 0 Å². The summed E-state index contributed by atoms with van der Waals surface area (Å²) < 4.78 is 0. The Hall–Kier alpha value is -2.69. The minimum absolute atomic E-state index is 0.142. The first kappa shape index (κ1) is 15.7. The molecule has 0 radical (unpaired) electrons. The van der Waals surface area contributed by atoms with Crippen molar-refractivity contribution in [2.75, 3.05) is 0 Å². The number of nitrogens with zero attached hydrogens (tertiary/aromatic N) is 1. The quantitative estimate of drug-likeness (QED) is 0.876. The van der Waals surface area contributed by atoms with Gasteiger partial charge in [-0.1, -0.05) is 36.4 Å². The molecule has 2 rings (SSSR count). The largest absolute Gasteiger partial charge is 0.367 e. The van der Waals surface area contributed by atoms with Crippen LogP contribution >= 0.6 is 0 Å². The molecule has 3 N–H and O–H groups in total. The van der Waals surface area contributed by atoms with Crippen molar-refractivity contribution < 1.29 is 9.59 Å². The normalized spacial score (nSPS) is 13.2. The summed E-state index contributed by atoms with van der Waals surface area (Å²) in [5.74, 6) is -0.884. The maximum atomic E-state index is 12.2. The van der Waals surface area contributed by atoms with E-state index in [0.29, 0.717) is 5.56 Å². The van der Waals surface area contributed by atoms with Crippen molar-refractivity contribution in [1.82, 2.24) is 10.3 Å². The molecule has 22 heavy (non-hydrogen) atoms. The number of pyridine rings is 1. The average Bonchev–Trinajstić information content (AvgIpc) is 2.50. The number of rotatable bonds is 5. The zero-order valence-corrected chi connectivity index (χ0v) is 12.7. The van der Waals surface area contributed by atoms with E-state index in [1.807, 2.05) is 25.1 Å². The molecule has 0 aliphatic carbocycles. The monoisotopic (exact) mass is 297 g/mol. The van der Waals surface area contributed by atoms with Crippen LogP contribution in [0.3, 0.4) is 0 Å². The molecule has 1 aromatic carbocycles. The third-order valence-corrected chi connectivity index (χ3v) is 3.57. The van der Waals surface area contributed by atoms with Gasteiger partial charge >= 0.3 is 0 Å². The Morgan fingerprint density at radius 3 is 2.41 bits per heavy atom. The Morgan fingerprint density at radius 1 is 1.18 bits per heavy atom. The van der Waals surface area contributed by atoms with Gasteiger partial charge in [-0.3, -0.25) is 14.6 Å². The molecule has 2 aromatic rings. The molecule has 0 aliphatic heterocycles. The first-order valence-corrected chi connectivity index (χ1v) is 7.00. The minimum atomic E-state index is -1.24. The zero-order valence-electron chi connectivity index (χ0n) is 12.7. The Morgan fingerprint density at radius 2 is 1.86 bits per heavy atom. The summed E-state index contributed by atoms with van der Waals surface area (Å²) in [6.07, 6.45) is 1.79. The highest BCUT2D eigenvalue weighted by molar-refractivity contribution is 5.91. The van der Waals surface area contributed by atoms with E-state index in [9.17, 15) is 9.59 Å². The number of nitrogens with one attached hydrogen (secondary N) is 1. The van der Waals surface area contributed by atoms with E-state index in [-0.39, 0.29) is 12.3 Å². The van der Waals surface area contributed by atoms with Crippen molar-refractivity contribution in [3.05, 3.63) is 65.5 Å². The fourth-order valence-corrected chi connectivity index (χ4v) is 2.16. The van der Waals surface area contributed by atoms with Crippen LogP contribution in [-0.2, 0) is 21.5 Å². The first-order valence-electron chi connectivity index (χ1n) is 7.00. The number of carbonyl (C=O) groups is 2. The van der Waals surface area contributed by atoms with Gasteiger partial charge in [0.05, 0.1) is 6.42 Å². The summed E-state index contributed by atoms with van der Waals surface area (Å²) in [7, 11) is 0. The second kappa shape index (κ2) is 6.39. The van der Waals surface area contributed by atoms with Crippen LogP contribution in [0.5, 0.6) is 0 Å². The molecule has 1 atom stereocenters. The third kappa shape index (κ3) is 3.49. The van der Waals surface area contributed by atoms with Gasteiger partial charge in [0, 0.05) is 11.9 Å². The second-order valence-electron chi connectivity index (χ2n) is 5.39. The minimum Gasteiger partial charge on any atom is -0.367 e. The number of aromatic nitrogens is 1. The number of amides is 2. The lowest BCUT2D eigenvalue weighted by Crippen LogP contribution is -2.53. The maximum Gasteiger partial charge on any atom is 0.247 e. The van der Waals surface area contributed by atoms with E-state index in [1.54, 1.807) is 37.4 Å². The van der Waals surface area contributed by atoms with Crippen molar-refractivity contribution >= 4 is 11.8 Å². The van der Waals surface area contributed by atoms with E-state index in [1.165, 1.54) is 0 Å². The smallest absolute Gasteiger partial charge is 0.247 e. The molecular weight excluding hydrogens is 278 g/mol. The number of hydrogen-bond acceptors (Lipinski definition) is 3. The van der Waals surface area contributed by atoms with E-state index in [0.717, 1.165) is 11.3 Å². The molecule has 1 unspecified atom stereocenters. The average molecular weight is 297 g/mol. The molecule has 2 amide bonds. The van der Waals surface area contributed by atoms with Gasteiger partial charge in [-0.15, -0.1) is 0 Å². The summed E-state index contributed by atoms with van der Waals surface area (Å²) in [5, 5.41) is 2.73. The maximum absolute atomic E-state index is 12.2. The molecule has 5 heteroatoms. The zero-order chi connectivity index (χ0) is 16.2. The Bertz CT molecular complexity index is 668. The van der Waals surface area contributed by atoms with E-state index >= 15 is 0 Å². The Kier molecular flexibility index (Phi) is 4.56. The van der Waals surface area contributed by atoms with Crippen LogP contribution < -0.4 is 11.1 Å². The number of carbonyl (C=O) groups excluding carboxylic acids is 2. The number of primary amides is 1. The standard InChI is InChI=1S/C17H19N3O2/c1-12-8-9-13(11-19-12)10-15(21)20-17(2,16(18)22)14-6-4-3-5-7-14/h3-9,11H,10H2,1-2H3,(H2,18,22)(H,20,21). The lowest BCUT2D eigenvalue weighted by atomic mass is 9.91. The molecular formula is C17H19N3O2. The van der Waals surface area contributed by atoms with Crippen LogP contribution in [-0.4, -0.2) is 16.8 Å². The highest BCUT2D eigenvalue weighted by atomic mass is 16.2. The number of hydrogen-bond donors (Lipinski definition) is 2. The number of aryl methyl sites for hydroxylation is 1. The highest BCUT2D eigenvalue weighted by Gasteiger charge is 2.34. The molecule has 0 saturated carbocycles. The molecule has 114 valence electrons. The predicted octanol–water partition coefficient (Wildman–Crippen LogP) is 1.45. The second-order valence-corrected chi connectivity index (χ2v) is 5.39. The Balaban J connectivity index is 2.16. The van der Waals surface area contributed by atoms with Gasteiger partial charge < -0.3 is 11.1 Å². The Labute approximate surface area is 129 Å². The van der Waals surface area contributed by atoms with Crippen molar-refractivity contribution in [2.24, 2.45) is 5.73 Å². The van der Waals surface area contributed by atoms with Crippen molar-refractivity contribution in [1.29, 1.82) is 0 Å². The number of benzene rings is 1. The molecule has 0 saturated heterocycles. The molecule has 1 aromatic heterocycles. The van der Waals surface area contributed by atoms with Gasteiger partial charge in [-0.05, 0) is 31.0 Å². The summed E-state index contributed by atoms with van der Waals surface area (Å²) in [6, 6.07) is 12.6. The molecule has 0 fully saturated rings. The number of nitrogens with two attached hydrogens (primary N) is 1. The van der Waals surface area contributed by atoms with Crippen LogP contribution in [0.2, 0.25) is 0 Å². The molecule has 5 nitrogen and oxygen atoms in total. The van der Waals surface area contributed by atoms with Crippen LogP contribution in [0.15, 0.2) is 48.7 Å². The van der Waals surface area contributed by atoms with Crippen molar-refractivity contribution in [3.63, 3.8) is 0 Å². The highest BCUT2D eigenvalue weighted by Crippen LogP contribution is 2.20. The fraction of sp³-hybridized carbons (Fsp3) is 0.235. The summed E-state index contributed by atoms with van der Waals surface area (Å²) >= 11 is 0. The summed E-state index contributed by atoms with van der Waals surface area (Å²) in [4.78, 5) is 28.2. The molecule has 0 bridgehead atoms. The van der Waals surface area contributed by atoms with Crippen molar-refractivity contribution in [3.8, 4) is 0 Å². The van der Waals surface area contributed by atoms with Gasteiger partial charge in [-0.25, -0.2) is 0 Å². The van der Waals surface area contributed by atoms with Gasteiger partial charge in [0.25, 0.3) is 0 Å². The predicted molar refractivity (Wildman–Crippen MR) is 83.8 cm³/mol. The van der Waals surface area contributed by atoms with Crippen LogP contribution in [0.1, 0.15) is 23.7 Å². The van der Waals surface area contributed by atoms with Gasteiger partial charge in [0.1, 0.15) is 5.54 Å². The van der Waals surface area contributed by atoms with E-state index in [4.69, 9.17) is 5.73 Å². The van der Waals surface area contributed by atoms with E-state index in [2.05, 4.69) is 10.3 Å². The fourth-order valence-electron chi connectivity index (χ4n) is 2.16. The molecule has 0 spiro atoms. The molecule has 0 aliphatic rings. The van der Waals surface area contributed by atoms with Crippen LogP contribution in [0.4, 0.5) is 0 Å². The lowest BCUT2D eigenvalue weighted by molar-refractivity contribution is -0.131. The van der Waals surface area contributed by atoms with Gasteiger partial charge in [0.2, 0.25) is 11.8 Å². The topological polar surface area (TPSA) is 85.1 Å². The van der Waals surface area contributed by atoms with E-state index < -0.39 is 11.4 Å². The SMILES string of the molecule is Cc1ccc(CC(=O)NC(C)(C(N)=O)c2ccccc2)cn1. The summed E-state index contributed by atoms with van der Waals surface area (Å²) in [5.41, 5.74) is 6.57.